The predicted molar refractivity (Wildman–Crippen MR) is 77.8 cm³/mol. The SMILES string of the molecule is Cc1cc(C)c(S(=O)(=O)NC2CCCCC2)c(C)c1. The van der Waals surface area contributed by atoms with E-state index in [0.717, 1.165) is 42.4 Å². The topological polar surface area (TPSA) is 46.2 Å². The van der Waals surface area contributed by atoms with Crippen molar-refractivity contribution in [1.82, 2.24) is 4.72 Å². The third-order valence-electron chi connectivity index (χ3n) is 3.80. The summed E-state index contributed by atoms with van der Waals surface area (Å²) in [7, 11) is -3.39. The molecule has 0 heterocycles. The van der Waals surface area contributed by atoms with Gasteiger partial charge in [0, 0.05) is 6.04 Å². The molecule has 106 valence electrons. The van der Waals surface area contributed by atoms with Crippen LogP contribution in [0.2, 0.25) is 0 Å². The van der Waals surface area contributed by atoms with Crippen LogP contribution in [0.15, 0.2) is 17.0 Å². The van der Waals surface area contributed by atoms with Crippen molar-refractivity contribution >= 4 is 10.0 Å². The zero-order valence-corrected chi connectivity index (χ0v) is 12.8. The van der Waals surface area contributed by atoms with Gasteiger partial charge in [0.2, 0.25) is 10.0 Å². The van der Waals surface area contributed by atoms with Gasteiger partial charge >= 0.3 is 0 Å². The summed E-state index contributed by atoms with van der Waals surface area (Å²) in [6.07, 6.45) is 5.39. The van der Waals surface area contributed by atoms with Gasteiger partial charge in [0.05, 0.1) is 4.90 Å². The van der Waals surface area contributed by atoms with E-state index in [1.54, 1.807) is 0 Å². The van der Waals surface area contributed by atoms with Gasteiger partial charge in [-0.1, -0.05) is 37.0 Å². The molecule has 1 aromatic carbocycles. The lowest BCUT2D eigenvalue weighted by Crippen LogP contribution is -2.36. The lowest BCUT2D eigenvalue weighted by Gasteiger charge is -2.23. The molecule has 0 unspecified atom stereocenters. The van der Waals surface area contributed by atoms with Crippen LogP contribution in [0, 0.1) is 20.8 Å². The Hall–Kier alpha value is -0.870. The summed E-state index contributed by atoms with van der Waals surface area (Å²) in [5.41, 5.74) is 2.77. The summed E-state index contributed by atoms with van der Waals surface area (Å²) in [4.78, 5) is 0.462. The Morgan fingerprint density at radius 1 is 1.00 bits per heavy atom. The van der Waals surface area contributed by atoms with Crippen LogP contribution in [0.25, 0.3) is 0 Å². The molecule has 1 saturated carbocycles. The van der Waals surface area contributed by atoms with E-state index >= 15 is 0 Å². The number of sulfonamides is 1. The molecule has 1 N–H and O–H groups in total. The Bertz CT molecular complexity index is 535. The summed E-state index contributed by atoms with van der Waals surface area (Å²) in [6.45, 7) is 5.73. The quantitative estimate of drug-likeness (QED) is 0.924. The van der Waals surface area contributed by atoms with Crippen LogP contribution in [-0.4, -0.2) is 14.5 Å². The zero-order valence-electron chi connectivity index (χ0n) is 12.0. The van der Waals surface area contributed by atoms with Gasteiger partial charge in [-0.2, -0.15) is 0 Å². The Balaban J connectivity index is 2.29. The maximum atomic E-state index is 12.5. The van der Waals surface area contributed by atoms with Gasteiger partial charge in [0.1, 0.15) is 0 Å². The van der Waals surface area contributed by atoms with E-state index in [1.807, 2.05) is 32.9 Å². The van der Waals surface area contributed by atoms with Crippen molar-refractivity contribution in [3.8, 4) is 0 Å². The van der Waals surface area contributed by atoms with Crippen LogP contribution in [0.3, 0.4) is 0 Å². The van der Waals surface area contributed by atoms with E-state index in [1.165, 1.54) is 6.42 Å². The van der Waals surface area contributed by atoms with Gasteiger partial charge < -0.3 is 0 Å². The first kappa shape index (κ1) is 14.5. The van der Waals surface area contributed by atoms with Gasteiger partial charge in [0.15, 0.2) is 0 Å². The molecule has 1 fully saturated rings. The molecule has 3 nitrogen and oxygen atoms in total. The average Bonchev–Trinajstić information content (AvgIpc) is 2.27. The van der Waals surface area contributed by atoms with Crippen molar-refractivity contribution in [3.63, 3.8) is 0 Å². The number of nitrogens with one attached hydrogen (secondary N) is 1. The molecule has 1 aromatic rings. The summed E-state index contributed by atoms with van der Waals surface area (Å²) >= 11 is 0. The van der Waals surface area contributed by atoms with Crippen LogP contribution < -0.4 is 4.72 Å². The second kappa shape index (κ2) is 5.63. The molecule has 0 bridgehead atoms. The molecule has 4 heteroatoms. The van der Waals surface area contributed by atoms with Crippen molar-refractivity contribution in [2.24, 2.45) is 0 Å². The number of hydrogen-bond acceptors (Lipinski definition) is 2. The molecule has 1 aliphatic carbocycles. The number of rotatable bonds is 3. The first-order chi connectivity index (χ1) is 8.90. The molecule has 1 aliphatic rings. The molecule has 0 aromatic heterocycles. The molecule has 0 saturated heterocycles. The predicted octanol–water partition coefficient (Wildman–Crippen LogP) is 3.22. The Morgan fingerprint density at radius 2 is 1.53 bits per heavy atom. The van der Waals surface area contributed by atoms with Crippen molar-refractivity contribution in [2.45, 2.75) is 63.8 Å². The lowest BCUT2D eigenvalue weighted by atomic mass is 9.96. The van der Waals surface area contributed by atoms with Crippen LogP contribution in [-0.2, 0) is 10.0 Å². The third-order valence-corrected chi connectivity index (χ3v) is 5.63. The fourth-order valence-corrected chi connectivity index (χ4v) is 4.85. The minimum absolute atomic E-state index is 0.110. The van der Waals surface area contributed by atoms with Gasteiger partial charge in [-0.05, 0) is 44.7 Å². The smallest absolute Gasteiger partial charge is 0.208 e. The van der Waals surface area contributed by atoms with Gasteiger partial charge in [-0.25, -0.2) is 13.1 Å². The highest BCUT2D eigenvalue weighted by atomic mass is 32.2. The van der Waals surface area contributed by atoms with Gasteiger partial charge in [-0.15, -0.1) is 0 Å². The first-order valence-electron chi connectivity index (χ1n) is 7.00. The standard InChI is InChI=1S/C15H23NO2S/c1-11-9-12(2)15(13(3)10-11)19(17,18)16-14-7-5-4-6-8-14/h9-10,14,16H,4-8H2,1-3H3. The third kappa shape index (κ3) is 3.37. The van der Waals surface area contributed by atoms with Gasteiger partial charge in [0.25, 0.3) is 0 Å². The monoisotopic (exact) mass is 281 g/mol. The summed E-state index contributed by atoms with van der Waals surface area (Å²) < 4.78 is 28.0. The number of aryl methyl sites for hydroxylation is 3. The van der Waals surface area contributed by atoms with Crippen molar-refractivity contribution in [3.05, 3.63) is 28.8 Å². The highest BCUT2D eigenvalue weighted by Crippen LogP contribution is 2.24. The van der Waals surface area contributed by atoms with Crippen molar-refractivity contribution < 1.29 is 8.42 Å². The zero-order chi connectivity index (χ0) is 14.0. The minimum Gasteiger partial charge on any atom is -0.208 e. The highest BCUT2D eigenvalue weighted by Gasteiger charge is 2.24. The molecular weight excluding hydrogens is 258 g/mol. The Morgan fingerprint density at radius 3 is 2.05 bits per heavy atom. The molecule has 0 spiro atoms. The molecular formula is C15H23NO2S. The van der Waals surface area contributed by atoms with E-state index in [2.05, 4.69) is 4.72 Å². The second-order valence-electron chi connectivity index (χ2n) is 5.68. The summed E-state index contributed by atoms with van der Waals surface area (Å²) in [5.74, 6) is 0. The van der Waals surface area contributed by atoms with Crippen LogP contribution in [0.1, 0.15) is 48.8 Å². The van der Waals surface area contributed by atoms with Crippen LogP contribution >= 0.6 is 0 Å². The van der Waals surface area contributed by atoms with Crippen LogP contribution in [0.5, 0.6) is 0 Å². The second-order valence-corrected chi connectivity index (χ2v) is 7.33. The van der Waals surface area contributed by atoms with Crippen molar-refractivity contribution in [1.29, 1.82) is 0 Å². The highest BCUT2D eigenvalue weighted by molar-refractivity contribution is 7.89. The molecule has 0 atom stereocenters. The van der Waals surface area contributed by atoms with Crippen molar-refractivity contribution in [2.75, 3.05) is 0 Å². The summed E-state index contributed by atoms with van der Waals surface area (Å²) in [5, 5.41) is 0. The number of benzene rings is 1. The Labute approximate surface area is 116 Å². The fourth-order valence-electron chi connectivity index (χ4n) is 3.09. The summed E-state index contributed by atoms with van der Waals surface area (Å²) in [6, 6.07) is 3.98. The van der Waals surface area contributed by atoms with Gasteiger partial charge in [-0.3, -0.25) is 0 Å². The van der Waals surface area contributed by atoms with E-state index in [0.29, 0.717) is 4.90 Å². The minimum atomic E-state index is -3.39. The van der Waals surface area contributed by atoms with E-state index in [-0.39, 0.29) is 6.04 Å². The molecule has 2 rings (SSSR count). The maximum absolute atomic E-state index is 12.5. The lowest BCUT2D eigenvalue weighted by molar-refractivity contribution is 0.412. The van der Waals surface area contributed by atoms with E-state index < -0.39 is 10.0 Å². The fraction of sp³-hybridized carbons (Fsp3) is 0.600. The normalized spacial score (nSPS) is 17.6. The maximum Gasteiger partial charge on any atom is 0.241 e. The van der Waals surface area contributed by atoms with E-state index in [4.69, 9.17) is 0 Å². The Kier molecular flexibility index (Phi) is 4.31. The first-order valence-corrected chi connectivity index (χ1v) is 8.48. The average molecular weight is 281 g/mol. The molecule has 0 radical (unpaired) electrons. The molecule has 0 amide bonds. The largest absolute Gasteiger partial charge is 0.241 e. The number of hydrogen-bond donors (Lipinski definition) is 1. The van der Waals surface area contributed by atoms with Crippen LogP contribution in [0.4, 0.5) is 0 Å². The molecule has 19 heavy (non-hydrogen) atoms. The van der Waals surface area contributed by atoms with E-state index in [9.17, 15) is 8.42 Å². The molecule has 0 aliphatic heterocycles.